The van der Waals surface area contributed by atoms with E-state index in [-0.39, 0.29) is 17.4 Å². The van der Waals surface area contributed by atoms with Crippen molar-refractivity contribution in [2.45, 2.75) is 30.2 Å². The first kappa shape index (κ1) is 15.1. The zero-order valence-electron chi connectivity index (χ0n) is 12.9. The van der Waals surface area contributed by atoms with E-state index in [0.717, 1.165) is 25.0 Å². The summed E-state index contributed by atoms with van der Waals surface area (Å²) in [6, 6.07) is 12.9. The molecular weight excluding hydrogens is 322 g/mol. The molecule has 1 aromatic heterocycles. The van der Waals surface area contributed by atoms with Crippen LogP contribution in [0.1, 0.15) is 35.6 Å². The van der Waals surface area contributed by atoms with Crippen molar-refractivity contribution in [2.24, 2.45) is 0 Å². The topological polar surface area (TPSA) is 71.2 Å². The predicted octanol–water partition coefficient (Wildman–Crippen LogP) is 3.44. The molecule has 0 radical (unpaired) electrons. The predicted molar refractivity (Wildman–Crippen MR) is 93.2 cm³/mol. The lowest BCUT2D eigenvalue weighted by atomic mass is 9.81. The van der Waals surface area contributed by atoms with Crippen LogP contribution < -0.4 is 0 Å². The van der Waals surface area contributed by atoms with E-state index in [1.165, 1.54) is 23.3 Å². The third-order valence-electron chi connectivity index (χ3n) is 4.57. The summed E-state index contributed by atoms with van der Waals surface area (Å²) in [4.78, 5) is 0. The Morgan fingerprint density at radius 1 is 1.12 bits per heavy atom. The minimum atomic E-state index is -0.0430. The minimum Gasteiger partial charge on any atom is -0.508 e. The van der Waals surface area contributed by atoms with Crippen LogP contribution in [0.2, 0.25) is 0 Å². The second kappa shape index (κ2) is 5.87. The summed E-state index contributed by atoms with van der Waals surface area (Å²) in [5, 5.41) is 28.6. The molecule has 6 heteroatoms. The molecule has 4 rings (SSSR count). The molecule has 24 heavy (non-hydrogen) atoms. The normalized spacial score (nSPS) is 16.8. The summed E-state index contributed by atoms with van der Waals surface area (Å²) in [5.74, 6) is 0.0938. The zero-order valence-corrected chi connectivity index (χ0v) is 13.8. The van der Waals surface area contributed by atoms with Crippen molar-refractivity contribution in [1.29, 1.82) is 0 Å². The van der Waals surface area contributed by atoms with Gasteiger partial charge in [-0.3, -0.25) is 0 Å². The smallest absolute Gasteiger partial charge is 0.145 e. The summed E-state index contributed by atoms with van der Waals surface area (Å²) >= 11 is 4.50. The number of aromatic nitrogens is 3. The van der Waals surface area contributed by atoms with Crippen LogP contribution >= 0.6 is 12.6 Å². The van der Waals surface area contributed by atoms with E-state index in [9.17, 15) is 10.2 Å². The molecule has 0 saturated heterocycles. The summed E-state index contributed by atoms with van der Waals surface area (Å²) < 4.78 is 1.63. The number of benzene rings is 2. The number of phenolic OH excluding ortho intramolecular Hbond substituents is 2. The Labute approximate surface area is 145 Å². The Morgan fingerprint density at radius 2 is 1.96 bits per heavy atom. The molecule has 0 aliphatic heterocycles. The molecule has 1 heterocycles. The molecule has 122 valence electrons. The highest BCUT2D eigenvalue weighted by molar-refractivity contribution is 7.80. The van der Waals surface area contributed by atoms with Crippen LogP contribution in [-0.4, -0.2) is 25.2 Å². The summed E-state index contributed by atoms with van der Waals surface area (Å²) in [5.41, 5.74) is 3.95. The first-order chi connectivity index (χ1) is 11.6. The van der Waals surface area contributed by atoms with E-state index in [1.54, 1.807) is 10.7 Å². The molecule has 0 amide bonds. The second-order valence-corrected chi connectivity index (χ2v) is 6.45. The van der Waals surface area contributed by atoms with Gasteiger partial charge in [-0.05, 0) is 42.5 Å². The zero-order chi connectivity index (χ0) is 16.7. The van der Waals surface area contributed by atoms with Gasteiger partial charge in [0.05, 0.1) is 5.69 Å². The van der Waals surface area contributed by atoms with E-state index >= 15 is 0 Å². The number of thiol groups is 1. The summed E-state index contributed by atoms with van der Waals surface area (Å²) in [6.45, 7) is 0. The van der Waals surface area contributed by atoms with Gasteiger partial charge in [0.1, 0.15) is 22.2 Å². The van der Waals surface area contributed by atoms with E-state index in [1.807, 2.05) is 6.07 Å². The van der Waals surface area contributed by atoms with Crippen LogP contribution in [0.15, 0.2) is 47.5 Å². The van der Waals surface area contributed by atoms with E-state index in [2.05, 4.69) is 41.1 Å². The molecule has 0 fully saturated rings. The fourth-order valence-electron chi connectivity index (χ4n) is 3.49. The monoisotopic (exact) mass is 339 g/mol. The maximum atomic E-state index is 10.2. The lowest BCUT2D eigenvalue weighted by Crippen LogP contribution is -2.15. The van der Waals surface area contributed by atoms with Gasteiger partial charge in [0.2, 0.25) is 0 Å². The molecule has 0 saturated carbocycles. The average Bonchev–Trinajstić information content (AvgIpc) is 2.95. The maximum absolute atomic E-state index is 10.2. The Kier molecular flexibility index (Phi) is 3.69. The van der Waals surface area contributed by atoms with Crippen molar-refractivity contribution in [3.05, 3.63) is 59.3 Å². The molecule has 2 aromatic carbocycles. The molecule has 2 N–H and O–H groups in total. The number of hydrogen-bond acceptors (Lipinski definition) is 5. The fraction of sp³-hybridized carbons (Fsp3) is 0.222. The van der Waals surface area contributed by atoms with Crippen molar-refractivity contribution in [3.8, 4) is 17.2 Å². The molecule has 1 unspecified atom stereocenters. The summed E-state index contributed by atoms with van der Waals surface area (Å²) in [7, 11) is 0. The number of phenols is 2. The van der Waals surface area contributed by atoms with Crippen molar-refractivity contribution in [2.75, 3.05) is 0 Å². The maximum Gasteiger partial charge on any atom is 0.145 e. The van der Waals surface area contributed by atoms with E-state index < -0.39 is 0 Å². The molecule has 0 spiro atoms. The van der Waals surface area contributed by atoms with Gasteiger partial charge in [-0.25, -0.2) is 4.68 Å². The van der Waals surface area contributed by atoms with E-state index in [0.29, 0.717) is 10.7 Å². The van der Waals surface area contributed by atoms with Gasteiger partial charge in [-0.1, -0.05) is 29.5 Å². The highest BCUT2D eigenvalue weighted by Crippen LogP contribution is 2.40. The molecule has 0 bridgehead atoms. The van der Waals surface area contributed by atoms with Crippen molar-refractivity contribution in [3.63, 3.8) is 0 Å². The van der Waals surface area contributed by atoms with Gasteiger partial charge < -0.3 is 10.2 Å². The Bertz CT molecular complexity index is 907. The third-order valence-corrected chi connectivity index (χ3v) is 4.89. The van der Waals surface area contributed by atoms with E-state index in [4.69, 9.17) is 0 Å². The number of aromatic hydroxyl groups is 2. The average molecular weight is 339 g/mol. The van der Waals surface area contributed by atoms with Gasteiger partial charge in [0.15, 0.2) is 0 Å². The number of fused-ring (bicyclic) bond motifs is 1. The highest BCUT2D eigenvalue weighted by Gasteiger charge is 2.28. The molecule has 5 nitrogen and oxygen atoms in total. The van der Waals surface area contributed by atoms with Crippen molar-refractivity contribution in [1.82, 2.24) is 15.0 Å². The van der Waals surface area contributed by atoms with Crippen LogP contribution in [0.4, 0.5) is 0 Å². The van der Waals surface area contributed by atoms with Crippen LogP contribution in [0.3, 0.4) is 0 Å². The standard InChI is InChI=1S/C18H17N3O2S/c22-12-8-9-15(16(23)10-12)21-17(18(24)19-20-21)14-7-3-5-11-4-1-2-6-13(11)14/h1-2,4,6,8-10,14,22-24H,3,5,7H2. The Balaban J connectivity index is 1.88. The lowest BCUT2D eigenvalue weighted by molar-refractivity contribution is 0.446. The largest absolute Gasteiger partial charge is 0.508 e. The Hall–Kier alpha value is -2.47. The van der Waals surface area contributed by atoms with Gasteiger partial charge >= 0.3 is 0 Å². The van der Waals surface area contributed by atoms with Crippen LogP contribution in [0.5, 0.6) is 11.5 Å². The Morgan fingerprint density at radius 3 is 2.79 bits per heavy atom. The highest BCUT2D eigenvalue weighted by atomic mass is 32.1. The quantitative estimate of drug-likeness (QED) is 0.626. The second-order valence-electron chi connectivity index (χ2n) is 6.03. The SMILES string of the molecule is Oc1ccc(-n2nnc(S)c2C2CCCc3ccccc32)c(O)c1. The van der Waals surface area contributed by atoms with Gasteiger partial charge in [0.25, 0.3) is 0 Å². The van der Waals surface area contributed by atoms with Crippen LogP contribution in [0, 0.1) is 0 Å². The van der Waals surface area contributed by atoms with Gasteiger partial charge in [0, 0.05) is 12.0 Å². The first-order valence-electron chi connectivity index (χ1n) is 7.90. The first-order valence-corrected chi connectivity index (χ1v) is 8.34. The molecule has 3 aromatic rings. The molecule has 1 aliphatic carbocycles. The number of nitrogens with zero attached hydrogens (tertiary/aromatic N) is 3. The molecular formula is C18H17N3O2S. The molecule has 1 aliphatic rings. The van der Waals surface area contributed by atoms with Crippen LogP contribution in [0.25, 0.3) is 5.69 Å². The summed E-state index contributed by atoms with van der Waals surface area (Å²) in [6.07, 6.45) is 3.14. The lowest BCUT2D eigenvalue weighted by Gasteiger charge is -2.26. The fourth-order valence-corrected chi connectivity index (χ4v) is 3.78. The number of hydrogen-bond donors (Lipinski definition) is 3. The number of rotatable bonds is 2. The third kappa shape index (κ3) is 2.43. The number of aryl methyl sites for hydroxylation is 1. The van der Waals surface area contributed by atoms with Crippen molar-refractivity contribution >= 4 is 12.6 Å². The van der Waals surface area contributed by atoms with Gasteiger partial charge in [-0.2, -0.15) is 0 Å². The molecule has 1 atom stereocenters. The van der Waals surface area contributed by atoms with Crippen molar-refractivity contribution < 1.29 is 10.2 Å². The minimum absolute atomic E-state index is 0.00650. The van der Waals surface area contributed by atoms with Gasteiger partial charge in [-0.15, -0.1) is 17.7 Å². The van der Waals surface area contributed by atoms with Crippen LogP contribution in [-0.2, 0) is 6.42 Å².